The monoisotopic (exact) mass is 392 g/mol. The number of hydrogen-bond acceptors (Lipinski definition) is 3. The van der Waals surface area contributed by atoms with Crippen molar-refractivity contribution in [3.63, 3.8) is 0 Å². The van der Waals surface area contributed by atoms with Crippen molar-refractivity contribution in [1.29, 1.82) is 0 Å². The maximum atomic E-state index is 13.9. The lowest BCUT2D eigenvalue weighted by Gasteiger charge is -2.09. The highest BCUT2D eigenvalue weighted by Crippen LogP contribution is 2.29. The number of rotatable bonds is 6. The Balaban J connectivity index is 1.58. The van der Waals surface area contributed by atoms with Gasteiger partial charge in [-0.3, -0.25) is 4.79 Å². The van der Waals surface area contributed by atoms with Crippen LogP contribution in [0.15, 0.2) is 59.3 Å². The Hall–Kier alpha value is -3.16. The van der Waals surface area contributed by atoms with Gasteiger partial charge >= 0.3 is 6.18 Å². The lowest BCUT2D eigenvalue weighted by molar-refractivity contribution is -0.137. The third-order valence-corrected chi connectivity index (χ3v) is 4.14. The highest BCUT2D eigenvalue weighted by molar-refractivity contribution is 5.76. The van der Waals surface area contributed by atoms with Crippen LogP contribution in [-0.4, -0.2) is 11.1 Å². The lowest BCUT2D eigenvalue weighted by Crippen LogP contribution is -2.23. The van der Waals surface area contributed by atoms with Gasteiger partial charge in [-0.25, -0.2) is 4.39 Å². The molecule has 8 heteroatoms. The molecule has 4 nitrogen and oxygen atoms in total. The van der Waals surface area contributed by atoms with Gasteiger partial charge in [0.25, 0.3) is 0 Å². The van der Waals surface area contributed by atoms with Crippen molar-refractivity contribution in [3.8, 4) is 11.3 Å². The molecule has 0 fully saturated rings. The first kappa shape index (κ1) is 19.6. The highest BCUT2D eigenvalue weighted by atomic mass is 19.4. The van der Waals surface area contributed by atoms with E-state index >= 15 is 0 Å². The third kappa shape index (κ3) is 4.76. The predicted octanol–water partition coefficient (Wildman–Crippen LogP) is 4.75. The molecular weight excluding hydrogens is 376 g/mol. The summed E-state index contributed by atoms with van der Waals surface area (Å²) in [5.74, 6) is -0.801. The van der Waals surface area contributed by atoms with E-state index in [2.05, 4.69) is 10.5 Å². The van der Waals surface area contributed by atoms with Gasteiger partial charge in [0.05, 0.1) is 5.56 Å². The van der Waals surface area contributed by atoms with Crippen LogP contribution in [-0.2, 0) is 23.9 Å². The van der Waals surface area contributed by atoms with E-state index in [0.29, 0.717) is 16.8 Å². The van der Waals surface area contributed by atoms with Gasteiger partial charge in [-0.1, -0.05) is 29.4 Å². The molecule has 3 aromatic rings. The second-order valence-corrected chi connectivity index (χ2v) is 6.14. The summed E-state index contributed by atoms with van der Waals surface area (Å²) in [5.41, 5.74) is 0.747. The summed E-state index contributed by atoms with van der Waals surface area (Å²) in [6, 6.07) is 10.9. The number of benzene rings is 2. The SMILES string of the molecule is O=C(CCc1conc1-c1ccccc1F)NCc1cccc(C(F)(F)F)c1. The molecule has 2 aromatic carbocycles. The zero-order valence-electron chi connectivity index (χ0n) is 14.6. The molecule has 1 N–H and O–H groups in total. The van der Waals surface area contributed by atoms with E-state index in [4.69, 9.17) is 4.52 Å². The highest BCUT2D eigenvalue weighted by Gasteiger charge is 2.30. The molecule has 28 heavy (non-hydrogen) atoms. The maximum absolute atomic E-state index is 13.9. The second kappa shape index (κ2) is 8.24. The van der Waals surface area contributed by atoms with Crippen LogP contribution in [0.25, 0.3) is 11.3 Å². The number of carbonyl (C=O) groups excluding carboxylic acids is 1. The van der Waals surface area contributed by atoms with E-state index in [-0.39, 0.29) is 30.9 Å². The molecular formula is C20H16F4N2O2. The fourth-order valence-electron chi connectivity index (χ4n) is 2.70. The van der Waals surface area contributed by atoms with Gasteiger partial charge in [-0.2, -0.15) is 13.2 Å². The zero-order valence-corrected chi connectivity index (χ0v) is 14.6. The quantitative estimate of drug-likeness (QED) is 0.616. The summed E-state index contributed by atoms with van der Waals surface area (Å²) in [6.07, 6.45) is -2.78. The summed E-state index contributed by atoms with van der Waals surface area (Å²) in [7, 11) is 0. The number of hydrogen-bond donors (Lipinski definition) is 1. The van der Waals surface area contributed by atoms with Crippen LogP contribution in [0.2, 0.25) is 0 Å². The molecule has 0 spiro atoms. The molecule has 1 aromatic heterocycles. The molecule has 1 heterocycles. The van der Waals surface area contributed by atoms with E-state index in [1.807, 2.05) is 0 Å². The molecule has 0 bridgehead atoms. The molecule has 0 aliphatic heterocycles. The van der Waals surface area contributed by atoms with Crippen LogP contribution in [0, 0.1) is 5.82 Å². The fourth-order valence-corrected chi connectivity index (χ4v) is 2.70. The van der Waals surface area contributed by atoms with Crippen molar-refractivity contribution in [1.82, 2.24) is 10.5 Å². The smallest absolute Gasteiger partial charge is 0.364 e. The van der Waals surface area contributed by atoms with Gasteiger partial charge in [0.1, 0.15) is 17.8 Å². The number of carbonyl (C=O) groups is 1. The summed E-state index contributed by atoms with van der Waals surface area (Å²) < 4.78 is 57.0. The maximum Gasteiger partial charge on any atom is 0.416 e. The van der Waals surface area contributed by atoms with E-state index in [1.165, 1.54) is 24.5 Å². The van der Waals surface area contributed by atoms with Gasteiger partial charge in [-0.15, -0.1) is 0 Å². The summed E-state index contributed by atoms with van der Waals surface area (Å²) in [6.45, 7) is -0.0213. The normalized spacial score (nSPS) is 11.4. The first-order valence-electron chi connectivity index (χ1n) is 8.45. The van der Waals surface area contributed by atoms with Crippen molar-refractivity contribution < 1.29 is 26.9 Å². The van der Waals surface area contributed by atoms with Gasteiger partial charge < -0.3 is 9.84 Å². The van der Waals surface area contributed by atoms with Gasteiger partial charge in [0.15, 0.2) is 0 Å². The fraction of sp³-hybridized carbons (Fsp3) is 0.200. The first-order chi connectivity index (χ1) is 13.3. The van der Waals surface area contributed by atoms with Crippen LogP contribution in [0.5, 0.6) is 0 Å². The van der Waals surface area contributed by atoms with E-state index < -0.39 is 17.6 Å². The topological polar surface area (TPSA) is 55.1 Å². The number of amides is 1. The number of nitrogens with one attached hydrogen (secondary N) is 1. The molecule has 0 aliphatic rings. The molecule has 0 atom stereocenters. The summed E-state index contributed by atoms with van der Waals surface area (Å²) in [4.78, 5) is 12.0. The van der Waals surface area contributed by atoms with Crippen molar-refractivity contribution in [2.75, 3.05) is 0 Å². The Labute approximate surface area is 158 Å². The van der Waals surface area contributed by atoms with Crippen molar-refractivity contribution in [2.45, 2.75) is 25.6 Å². The van der Waals surface area contributed by atoms with Crippen LogP contribution in [0.1, 0.15) is 23.1 Å². The Morgan fingerprint density at radius 1 is 1.11 bits per heavy atom. The minimum absolute atomic E-state index is 0.0213. The molecule has 0 saturated heterocycles. The summed E-state index contributed by atoms with van der Waals surface area (Å²) in [5, 5.41) is 6.38. The average Bonchev–Trinajstić information content (AvgIpc) is 3.13. The molecule has 3 rings (SSSR count). The lowest BCUT2D eigenvalue weighted by atomic mass is 10.0. The van der Waals surface area contributed by atoms with E-state index in [0.717, 1.165) is 12.1 Å². The van der Waals surface area contributed by atoms with Crippen LogP contribution in [0.4, 0.5) is 17.6 Å². The first-order valence-corrected chi connectivity index (χ1v) is 8.45. The number of nitrogens with zero attached hydrogens (tertiary/aromatic N) is 1. The van der Waals surface area contributed by atoms with Crippen LogP contribution in [0.3, 0.4) is 0 Å². The molecule has 146 valence electrons. The summed E-state index contributed by atoms with van der Waals surface area (Å²) >= 11 is 0. The average molecular weight is 392 g/mol. The number of halogens is 4. The standard InChI is InChI=1S/C20H16F4N2O2/c21-17-7-2-1-6-16(17)19-14(12-28-26-19)8-9-18(27)25-11-13-4-3-5-15(10-13)20(22,23)24/h1-7,10,12H,8-9,11H2,(H,25,27). The van der Waals surface area contributed by atoms with Gasteiger partial charge in [-0.05, 0) is 36.2 Å². The van der Waals surface area contributed by atoms with Gasteiger partial charge in [0.2, 0.25) is 5.91 Å². The molecule has 0 saturated carbocycles. The zero-order chi connectivity index (χ0) is 20.1. The third-order valence-electron chi connectivity index (χ3n) is 4.14. The minimum atomic E-state index is -4.43. The number of alkyl halides is 3. The largest absolute Gasteiger partial charge is 0.416 e. The molecule has 0 aliphatic carbocycles. The Bertz CT molecular complexity index is 967. The molecule has 0 unspecified atom stereocenters. The van der Waals surface area contributed by atoms with Gasteiger partial charge in [0, 0.05) is 24.1 Å². The minimum Gasteiger partial charge on any atom is -0.364 e. The van der Waals surface area contributed by atoms with Crippen LogP contribution >= 0.6 is 0 Å². The van der Waals surface area contributed by atoms with Crippen LogP contribution < -0.4 is 5.32 Å². The number of aromatic nitrogens is 1. The van der Waals surface area contributed by atoms with E-state index in [1.54, 1.807) is 18.2 Å². The van der Waals surface area contributed by atoms with Crippen molar-refractivity contribution in [3.05, 3.63) is 77.3 Å². The van der Waals surface area contributed by atoms with Crippen molar-refractivity contribution >= 4 is 5.91 Å². The Morgan fingerprint density at radius 3 is 2.64 bits per heavy atom. The Morgan fingerprint density at radius 2 is 1.89 bits per heavy atom. The van der Waals surface area contributed by atoms with Crippen molar-refractivity contribution in [2.24, 2.45) is 0 Å². The number of aryl methyl sites for hydroxylation is 1. The Kier molecular flexibility index (Phi) is 5.77. The molecule has 1 amide bonds. The predicted molar refractivity (Wildman–Crippen MR) is 93.5 cm³/mol. The second-order valence-electron chi connectivity index (χ2n) is 6.14. The molecule has 0 radical (unpaired) electrons. The van der Waals surface area contributed by atoms with E-state index in [9.17, 15) is 22.4 Å².